The average Bonchev–Trinajstić information content (AvgIpc) is 1.96. The second-order valence-electron chi connectivity index (χ2n) is 2.42. The quantitative estimate of drug-likeness (QED) is 0.380. The number of esters is 1. The van der Waals surface area contributed by atoms with E-state index in [1.54, 1.807) is 0 Å². The van der Waals surface area contributed by atoms with Crippen LogP contribution in [0, 0.1) is 0 Å². The zero-order valence-corrected chi connectivity index (χ0v) is 7.79. The summed E-state index contributed by atoms with van der Waals surface area (Å²) in [6.07, 6.45) is 0.859. The van der Waals surface area contributed by atoms with E-state index in [-0.39, 0.29) is 18.6 Å². The van der Waals surface area contributed by atoms with Crippen molar-refractivity contribution >= 4 is 13.6 Å². The van der Waals surface area contributed by atoms with Gasteiger partial charge in [-0.05, 0) is 12.8 Å². The number of hydrogen-bond donors (Lipinski definition) is 2. The summed E-state index contributed by atoms with van der Waals surface area (Å²) in [7, 11) is -2.60. The normalized spacial score (nSPS) is 11.2. The number of carbonyl (C=O) groups is 1. The van der Waals surface area contributed by atoms with E-state index in [2.05, 4.69) is 4.74 Å². The molecule has 12 heavy (non-hydrogen) atoms. The maximum Gasteiger partial charge on any atom is 0.325 e. The molecule has 0 aromatic carbocycles. The first kappa shape index (κ1) is 11.6. The first-order valence-electron chi connectivity index (χ1n) is 3.57. The molecule has 0 aliphatic carbocycles. The molecule has 0 spiro atoms. The average molecular weight is 196 g/mol. The van der Waals surface area contributed by atoms with Gasteiger partial charge < -0.3 is 14.5 Å². The Labute approximate surface area is 70.9 Å². The third-order valence-corrected chi connectivity index (χ3v) is 2.21. The van der Waals surface area contributed by atoms with Crippen molar-refractivity contribution < 1.29 is 23.9 Å². The number of methoxy groups -OCH3 is 1. The van der Waals surface area contributed by atoms with Gasteiger partial charge in [-0.15, -0.1) is 0 Å². The Morgan fingerprint density at radius 3 is 2.42 bits per heavy atom. The standard InChI is InChI=1S/C6H13O5P/c1-11-6(7)4-2-3-5-12(8,9)10/h2-5H2,1H3,(H2,8,9,10). The summed E-state index contributed by atoms with van der Waals surface area (Å²) in [4.78, 5) is 27.4. The lowest BCUT2D eigenvalue weighted by atomic mass is 10.2. The Morgan fingerprint density at radius 1 is 1.42 bits per heavy atom. The maximum absolute atomic E-state index is 10.5. The lowest BCUT2D eigenvalue weighted by molar-refractivity contribution is -0.140. The van der Waals surface area contributed by atoms with Gasteiger partial charge in [0, 0.05) is 12.6 Å². The van der Waals surface area contributed by atoms with Crippen LogP contribution in [0.1, 0.15) is 19.3 Å². The first-order valence-corrected chi connectivity index (χ1v) is 5.37. The second-order valence-corrected chi connectivity index (χ2v) is 4.20. The summed E-state index contributed by atoms with van der Waals surface area (Å²) in [6, 6.07) is 0. The van der Waals surface area contributed by atoms with Crippen molar-refractivity contribution in [2.75, 3.05) is 13.3 Å². The minimum atomic E-state index is -3.89. The van der Waals surface area contributed by atoms with Gasteiger partial charge in [0.05, 0.1) is 7.11 Å². The zero-order chi connectivity index (χ0) is 9.61. The van der Waals surface area contributed by atoms with Crippen molar-refractivity contribution in [1.29, 1.82) is 0 Å². The van der Waals surface area contributed by atoms with E-state index in [9.17, 15) is 9.36 Å². The molecule has 0 aromatic heterocycles. The van der Waals surface area contributed by atoms with Crippen molar-refractivity contribution in [1.82, 2.24) is 0 Å². The third kappa shape index (κ3) is 7.72. The number of hydrogen-bond acceptors (Lipinski definition) is 3. The molecule has 0 amide bonds. The topological polar surface area (TPSA) is 83.8 Å². The zero-order valence-electron chi connectivity index (χ0n) is 6.89. The predicted molar refractivity (Wildman–Crippen MR) is 42.8 cm³/mol. The molecule has 0 aliphatic heterocycles. The molecule has 0 saturated heterocycles. The van der Waals surface area contributed by atoms with Gasteiger partial charge in [0.15, 0.2) is 0 Å². The minimum Gasteiger partial charge on any atom is -0.469 e. The van der Waals surface area contributed by atoms with Crippen molar-refractivity contribution in [2.24, 2.45) is 0 Å². The Morgan fingerprint density at radius 2 is 2.00 bits per heavy atom. The highest BCUT2D eigenvalue weighted by molar-refractivity contribution is 7.51. The molecule has 0 bridgehead atoms. The summed E-state index contributed by atoms with van der Waals surface area (Å²) >= 11 is 0. The fourth-order valence-electron chi connectivity index (χ4n) is 0.689. The van der Waals surface area contributed by atoms with Gasteiger partial charge in [-0.25, -0.2) is 0 Å². The van der Waals surface area contributed by atoms with Gasteiger partial charge >= 0.3 is 13.6 Å². The van der Waals surface area contributed by atoms with Crippen molar-refractivity contribution in [3.63, 3.8) is 0 Å². The Balaban J connectivity index is 3.34. The van der Waals surface area contributed by atoms with Crippen LogP contribution in [0.25, 0.3) is 0 Å². The largest absolute Gasteiger partial charge is 0.469 e. The van der Waals surface area contributed by atoms with Crippen LogP contribution in [-0.4, -0.2) is 29.0 Å². The van der Waals surface area contributed by atoms with E-state index >= 15 is 0 Å². The molecule has 0 atom stereocenters. The molecule has 0 rings (SSSR count). The molecular formula is C6H13O5P. The van der Waals surface area contributed by atoms with E-state index in [0.717, 1.165) is 0 Å². The predicted octanol–water partition coefficient (Wildman–Crippen LogP) is 0.507. The van der Waals surface area contributed by atoms with Crippen LogP contribution in [0.5, 0.6) is 0 Å². The summed E-state index contributed by atoms with van der Waals surface area (Å²) in [5, 5.41) is 0. The molecule has 72 valence electrons. The summed E-state index contributed by atoms with van der Waals surface area (Å²) < 4.78 is 14.7. The molecule has 0 heterocycles. The van der Waals surface area contributed by atoms with E-state index in [1.165, 1.54) is 7.11 Å². The Kier molecular flexibility index (Phi) is 5.13. The van der Waals surface area contributed by atoms with Gasteiger partial charge in [0.2, 0.25) is 0 Å². The number of ether oxygens (including phenoxy) is 1. The minimum absolute atomic E-state index is 0.163. The number of carbonyl (C=O) groups excluding carboxylic acids is 1. The van der Waals surface area contributed by atoms with Crippen LogP contribution in [0.3, 0.4) is 0 Å². The molecule has 0 aliphatic rings. The highest BCUT2D eigenvalue weighted by Crippen LogP contribution is 2.35. The maximum atomic E-state index is 10.5. The molecule has 5 nitrogen and oxygen atoms in total. The third-order valence-electron chi connectivity index (χ3n) is 1.31. The van der Waals surface area contributed by atoms with Crippen molar-refractivity contribution in [2.45, 2.75) is 19.3 Å². The Bertz CT molecular complexity index is 184. The van der Waals surface area contributed by atoms with Gasteiger partial charge in [-0.1, -0.05) is 0 Å². The second kappa shape index (κ2) is 5.30. The van der Waals surface area contributed by atoms with E-state index < -0.39 is 7.60 Å². The first-order chi connectivity index (χ1) is 5.45. The fraction of sp³-hybridized carbons (Fsp3) is 0.833. The van der Waals surface area contributed by atoms with Gasteiger partial charge in [0.25, 0.3) is 0 Å². The van der Waals surface area contributed by atoms with Crippen LogP contribution >= 0.6 is 7.60 Å². The summed E-state index contributed by atoms with van der Waals surface area (Å²) in [5.74, 6) is -0.347. The smallest absolute Gasteiger partial charge is 0.325 e. The molecule has 0 fully saturated rings. The summed E-state index contributed by atoms with van der Waals surface area (Å²) in [5.41, 5.74) is 0. The fourth-order valence-corrected chi connectivity index (χ4v) is 1.32. The molecule has 0 unspecified atom stereocenters. The van der Waals surface area contributed by atoms with Gasteiger partial charge in [-0.3, -0.25) is 9.36 Å². The van der Waals surface area contributed by atoms with Crippen LogP contribution in [0.4, 0.5) is 0 Å². The van der Waals surface area contributed by atoms with E-state index in [0.29, 0.717) is 12.8 Å². The van der Waals surface area contributed by atoms with Crippen LogP contribution in [-0.2, 0) is 14.1 Å². The SMILES string of the molecule is COC(=O)CCCCP(=O)(O)O. The number of rotatable bonds is 5. The van der Waals surface area contributed by atoms with Crippen molar-refractivity contribution in [3.8, 4) is 0 Å². The van der Waals surface area contributed by atoms with E-state index in [4.69, 9.17) is 9.79 Å². The number of unbranched alkanes of at least 4 members (excludes halogenated alkanes) is 1. The molecule has 0 saturated carbocycles. The molecule has 0 radical (unpaired) electrons. The molecule has 0 aromatic rings. The molecular weight excluding hydrogens is 183 g/mol. The van der Waals surface area contributed by atoms with Crippen LogP contribution in [0.15, 0.2) is 0 Å². The van der Waals surface area contributed by atoms with Gasteiger partial charge in [-0.2, -0.15) is 0 Å². The molecule has 2 N–H and O–H groups in total. The lowest BCUT2D eigenvalue weighted by Gasteiger charge is -2.02. The Hall–Kier alpha value is -0.380. The van der Waals surface area contributed by atoms with Gasteiger partial charge in [0.1, 0.15) is 0 Å². The van der Waals surface area contributed by atoms with Crippen LogP contribution < -0.4 is 0 Å². The summed E-state index contributed by atoms with van der Waals surface area (Å²) in [6.45, 7) is 0. The highest BCUT2D eigenvalue weighted by atomic mass is 31.2. The molecule has 6 heteroatoms. The van der Waals surface area contributed by atoms with Crippen LogP contribution in [0.2, 0.25) is 0 Å². The van der Waals surface area contributed by atoms with E-state index in [1.807, 2.05) is 0 Å². The monoisotopic (exact) mass is 196 g/mol. The van der Waals surface area contributed by atoms with Crippen molar-refractivity contribution in [3.05, 3.63) is 0 Å². The lowest BCUT2D eigenvalue weighted by Crippen LogP contribution is -2.00. The highest BCUT2D eigenvalue weighted by Gasteiger charge is 2.11.